The molecule has 0 spiro atoms. The number of furan rings is 1. The molecular formula is C17H22N2O3S. The standard InChI is InChI=1S/C17H22N2O3S/c1-11-6-7-15(22-11)17-18-13(10-23-17)8-16(21)19-14-5-3-2-4-12(14)9-20/h6-7,10,12,14,20H,2-5,8-9H2,1H3,(H,19,21). The van der Waals surface area contributed by atoms with Gasteiger partial charge in [0.2, 0.25) is 5.91 Å². The van der Waals surface area contributed by atoms with E-state index >= 15 is 0 Å². The first-order valence-electron chi connectivity index (χ1n) is 8.07. The van der Waals surface area contributed by atoms with Crippen LogP contribution >= 0.6 is 11.3 Å². The second-order valence-corrected chi connectivity index (χ2v) is 6.99. The Labute approximate surface area is 139 Å². The Morgan fingerprint density at radius 1 is 1.43 bits per heavy atom. The number of rotatable bonds is 5. The summed E-state index contributed by atoms with van der Waals surface area (Å²) >= 11 is 1.48. The van der Waals surface area contributed by atoms with Crippen LogP contribution in [0.25, 0.3) is 10.8 Å². The van der Waals surface area contributed by atoms with E-state index in [1.807, 2.05) is 24.4 Å². The van der Waals surface area contributed by atoms with Crippen molar-refractivity contribution in [2.24, 2.45) is 5.92 Å². The number of amides is 1. The number of hydrogen-bond donors (Lipinski definition) is 2. The maximum atomic E-state index is 12.2. The quantitative estimate of drug-likeness (QED) is 0.881. The van der Waals surface area contributed by atoms with Crippen molar-refractivity contribution in [3.05, 3.63) is 29.0 Å². The molecule has 2 aromatic heterocycles. The molecule has 5 nitrogen and oxygen atoms in total. The number of nitrogens with zero attached hydrogens (tertiary/aromatic N) is 1. The fraction of sp³-hybridized carbons (Fsp3) is 0.529. The minimum atomic E-state index is -0.0252. The van der Waals surface area contributed by atoms with Gasteiger partial charge in [-0.25, -0.2) is 4.98 Å². The summed E-state index contributed by atoms with van der Waals surface area (Å²) in [5.74, 6) is 1.75. The van der Waals surface area contributed by atoms with E-state index in [0.29, 0.717) is 0 Å². The van der Waals surface area contributed by atoms with Gasteiger partial charge >= 0.3 is 0 Å². The summed E-state index contributed by atoms with van der Waals surface area (Å²) in [6, 6.07) is 3.89. The molecule has 0 saturated heterocycles. The molecule has 2 unspecified atom stereocenters. The number of thiazole rings is 1. The maximum Gasteiger partial charge on any atom is 0.226 e. The molecule has 3 rings (SSSR count). The minimum absolute atomic E-state index is 0.0252. The van der Waals surface area contributed by atoms with Gasteiger partial charge in [0.1, 0.15) is 5.76 Å². The third kappa shape index (κ3) is 4.00. The summed E-state index contributed by atoms with van der Waals surface area (Å²) in [5.41, 5.74) is 0.757. The van der Waals surface area contributed by atoms with Crippen LogP contribution in [0, 0.1) is 12.8 Å². The lowest BCUT2D eigenvalue weighted by molar-refractivity contribution is -0.121. The molecule has 0 bridgehead atoms. The molecule has 1 aliphatic carbocycles. The number of carbonyl (C=O) groups excluding carboxylic acids is 1. The number of aliphatic hydroxyl groups is 1. The molecule has 1 amide bonds. The zero-order valence-corrected chi connectivity index (χ0v) is 14.1. The molecule has 0 radical (unpaired) electrons. The van der Waals surface area contributed by atoms with Crippen LogP contribution in [0.1, 0.15) is 37.1 Å². The Morgan fingerprint density at radius 2 is 2.26 bits per heavy atom. The monoisotopic (exact) mass is 334 g/mol. The van der Waals surface area contributed by atoms with E-state index in [2.05, 4.69) is 10.3 Å². The highest BCUT2D eigenvalue weighted by molar-refractivity contribution is 7.13. The first-order chi connectivity index (χ1) is 11.2. The summed E-state index contributed by atoms with van der Waals surface area (Å²) in [4.78, 5) is 16.7. The predicted octanol–water partition coefficient (Wildman–Crippen LogP) is 2.92. The topological polar surface area (TPSA) is 75.4 Å². The lowest BCUT2D eigenvalue weighted by Gasteiger charge is -2.30. The smallest absolute Gasteiger partial charge is 0.226 e. The van der Waals surface area contributed by atoms with Crippen molar-refractivity contribution in [1.82, 2.24) is 10.3 Å². The fourth-order valence-corrected chi connectivity index (χ4v) is 3.87. The van der Waals surface area contributed by atoms with Gasteiger partial charge in [-0.2, -0.15) is 0 Å². The summed E-state index contributed by atoms with van der Waals surface area (Å²) in [6.07, 6.45) is 4.45. The number of aromatic nitrogens is 1. The number of aryl methyl sites for hydroxylation is 1. The number of aliphatic hydroxyl groups excluding tert-OH is 1. The highest BCUT2D eigenvalue weighted by Crippen LogP contribution is 2.26. The predicted molar refractivity (Wildman–Crippen MR) is 89.2 cm³/mol. The average Bonchev–Trinajstić information content (AvgIpc) is 3.16. The highest BCUT2D eigenvalue weighted by atomic mass is 32.1. The van der Waals surface area contributed by atoms with Gasteiger partial charge in [-0.05, 0) is 31.9 Å². The van der Waals surface area contributed by atoms with Crippen molar-refractivity contribution >= 4 is 17.2 Å². The van der Waals surface area contributed by atoms with Crippen molar-refractivity contribution in [1.29, 1.82) is 0 Å². The Bertz CT molecular complexity index is 664. The molecule has 2 N–H and O–H groups in total. The Morgan fingerprint density at radius 3 is 3.00 bits per heavy atom. The highest BCUT2D eigenvalue weighted by Gasteiger charge is 2.26. The molecule has 23 heavy (non-hydrogen) atoms. The fourth-order valence-electron chi connectivity index (χ4n) is 3.09. The molecule has 0 aliphatic heterocycles. The second-order valence-electron chi connectivity index (χ2n) is 6.13. The molecule has 1 fully saturated rings. The van der Waals surface area contributed by atoms with E-state index in [1.165, 1.54) is 11.3 Å². The van der Waals surface area contributed by atoms with Gasteiger partial charge in [-0.3, -0.25) is 4.79 Å². The van der Waals surface area contributed by atoms with Gasteiger partial charge in [0.05, 0.1) is 12.1 Å². The lowest BCUT2D eigenvalue weighted by Crippen LogP contribution is -2.44. The van der Waals surface area contributed by atoms with E-state index in [4.69, 9.17) is 4.42 Å². The number of hydrogen-bond acceptors (Lipinski definition) is 5. The van der Waals surface area contributed by atoms with E-state index in [1.54, 1.807) is 0 Å². The van der Waals surface area contributed by atoms with Crippen molar-refractivity contribution in [2.75, 3.05) is 6.61 Å². The van der Waals surface area contributed by atoms with Gasteiger partial charge in [0.15, 0.2) is 10.8 Å². The molecule has 1 aliphatic rings. The molecule has 2 heterocycles. The Kier molecular flexibility index (Phi) is 5.13. The Balaban J connectivity index is 1.58. The van der Waals surface area contributed by atoms with E-state index < -0.39 is 0 Å². The van der Waals surface area contributed by atoms with Gasteiger partial charge in [0.25, 0.3) is 0 Å². The van der Waals surface area contributed by atoms with Crippen LogP contribution in [0.5, 0.6) is 0 Å². The number of nitrogens with one attached hydrogen (secondary N) is 1. The molecule has 2 aromatic rings. The van der Waals surface area contributed by atoms with Crippen LogP contribution in [0.4, 0.5) is 0 Å². The van der Waals surface area contributed by atoms with Crippen LogP contribution < -0.4 is 5.32 Å². The van der Waals surface area contributed by atoms with Crippen LogP contribution in [0.2, 0.25) is 0 Å². The van der Waals surface area contributed by atoms with Crippen molar-refractivity contribution in [3.8, 4) is 10.8 Å². The second kappa shape index (κ2) is 7.27. The third-order valence-corrected chi connectivity index (χ3v) is 5.24. The zero-order valence-electron chi connectivity index (χ0n) is 13.2. The van der Waals surface area contributed by atoms with Gasteiger partial charge in [0, 0.05) is 23.9 Å². The SMILES string of the molecule is Cc1ccc(-c2nc(CC(=O)NC3CCCCC3CO)cs2)o1. The first kappa shape index (κ1) is 16.2. The maximum absolute atomic E-state index is 12.2. The van der Waals surface area contributed by atoms with Crippen LogP contribution in [-0.2, 0) is 11.2 Å². The van der Waals surface area contributed by atoms with Crippen LogP contribution in [-0.4, -0.2) is 28.6 Å². The Hall–Kier alpha value is -1.66. The minimum Gasteiger partial charge on any atom is -0.459 e. The normalized spacial score (nSPS) is 21.3. The molecule has 124 valence electrons. The summed E-state index contributed by atoms with van der Waals surface area (Å²) in [6.45, 7) is 2.04. The average molecular weight is 334 g/mol. The van der Waals surface area contributed by atoms with Gasteiger partial charge < -0.3 is 14.8 Å². The van der Waals surface area contributed by atoms with E-state index in [-0.39, 0.29) is 30.9 Å². The van der Waals surface area contributed by atoms with Crippen molar-refractivity contribution < 1.29 is 14.3 Å². The van der Waals surface area contributed by atoms with Crippen LogP contribution in [0.3, 0.4) is 0 Å². The summed E-state index contributed by atoms with van der Waals surface area (Å²) in [5, 5.41) is 15.2. The lowest BCUT2D eigenvalue weighted by atomic mass is 9.85. The molecule has 2 atom stereocenters. The largest absolute Gasteiger partial charge is 0.459 e. The van der Waals surface area contributed by atoms with Crippen molar-refractivity contribution in [3.63, 3.8) is 0 Å². The van der Waals surface area contributed by atoms with Gasteiger partial charge in [-0.1, -0.05) is 12.8 Å². The molecular weight excluding hydrogens is 312 g/mol. The number of carbonyl (C=O) groups is 1. The van der Waals surface area contributed by atoms with Crippen LogP contribution in [0.15, 0.2) is 21.9 Å². The van der Waals surface area contributed by atoms with Crippen molar-refractivity contribution in [2.45, 2.75) is 45.1 Å². The van der Waals surface area contributed by atoms with E-state index in [9.17, 15) is 9.90 Å². The first-order valence-corrected chi connectivity index (χ1v) is 8.95. The van der Waals surface area contributed by atoms with Gasteiger partial charge in [-0.15, -0.1) is 11.3 Å². The molecule has 1 saturated carbocycles. The molecule has 0 aromatic carbocycles. The third-order valence-electron chi connectivity index (χ3n) is 4.33. The van der Waals surface area contributed by atoms with E-state index in [0.717, 1.165) is 47.9 Å². The summed E-state index contributed by atoms with van der Waals surface area (Å²) in [7, 11) is 0. The summed E-state index contributed by atoms with van der Waals surface area (Å²) < 4.78 is 5.56. The zero-order chi connectivity index (χ0) is 16.2. The molecule has 6 heteroatoms.